The van der Waals surface area contributed by atoms with Crippen LogP contribution in [0.3, 0.4) is 0 Å². The van der Waals surface area contributed by atoms with Crippen LogP contribution in [0.1, 0.15) is 5.69 Å². The Morgan fingerprint density at radius 2 is 2.67 bits per heavy atom. The van der Waals surface area contributed by atoms with Crippen molar-refractivity contribution < 1.29 is 5.11 Å². The third-order valence-electron chi connectivity index (χ3n) is 0.979. The van der Waals surface area contributed by atoms with Crippen LogP contribution < -0.4 is 0 Å². The number of rotatable bonds is 2. The number of allylic oxidation sites excluding steroid dienone is 1. The molecule has 0 saturated heterocycles. The SMILES string of the molecule is C=CCc1cnc(O)[nH]1. The summed E-state index contributed by atoms with van der Waals surface area (Å²) in [6, 6.07) is -0.0353. The van der Waals surface area contributed by atoms with Crippen LogP contribution in [0.15, 0.2) is 18.9 Å². The molecule has 0 fully saturated rings. The molecule has 0 atom stereocenters. The summed E-state index contributed by atoms with van der Waals surface area (Å²) in [6.07, 6.45) is 4.04. The first-order chi connectivity index (χ1) is 4.33. The minimum absolute atomic E-state index is 0.0353. The Morgan fingerprint density at radius 1 is 1.89 bits per heavy atom. The Morgan fingerprint density at radius 3 is 3.11 bits per heavy atom. The van der Waals surface area contributed by atoms with Crippen LogP contribution in [0.2, 0.25) is 0 Å². The van der Waals surface area contributed by atoms with Gasteiger partial charge in [0.15, 0.2) is 0 Å². The van der Waals surface area contributed by atoms with Crippen LogP contribution >= 0.6 is 0 Å². The number of nitrogens with one attached hydrogen (secondary N) is 1. The van der Waals surface area contributed by atoms with E-state index in [-0.39, 0.29) is 6.01 Å². The van der Waals surface area contributed by atoms with Gasteiger partial charge in [-0.3, -0.25) is 0 Å². The van der Waals surface area contributed by atoms with Gasteiger partial charge >= 0.3 is 0 Å². The summed E-state index contributed by atoms with van der Waals surface area (Å²) in [5.74, 6) is 0. The van der Waals surface area contributed by atoms with Crippen molar-refractivity contribution in [2.75, 3.05) is 0 Å². The molecule has 0 bridgehead atoms. The number of aromatic amines is 1. The smallest absolute Gasteiger partial charge is 0.291 e. The highest BCUT2D eigenvalue weighted by atomic mass is 16.3. The molecule has 0 saturated carbocycles. The third kappa shape index (κ3) is 1.32. The summed E-state index contributed by atoms with van der Waals surface area (Å²) >= 11 is 0. The molecule has 3 nitrogen and oxygen atoms in total. The Bertz CT molecular complexity index is 205. The minimum atomic E-state index is -0.0353. The molecule has 0 radical (unpaired) electrons. The number of aromatic hydroxyl groups is 1. The number of hydrogen-bond donors (Lipinski definition) is 2. The highest BCUT2D eigenvalue weighted by Gasteiger charge is 1.92. The molecule has 1 heterocycles. The molecule has 1 aromatic heterocycles. The lowest BCUT2D eigenvalue weighted by atomic mass is 10.3. The normalized spacial score (nSPS) is 9.33. The Kier molecular flexibility index (Phi) is 1.53. The Hall–Kier alpha value is -1.25. The van der Waals surface area contributed by atoms with E-state index in [1.165, 1.54) is 0 Å². The second-order valence-electron chi connectivity index (χ2n) is 1.72. The van der Waals surface area contributed by atoms with E-state index in [4.69, 9.17) is 5.11 Å². The van der Waals surface area contributed by atoms with Crippen molar-refractivity contribution in [3.8, 4) is 6.01 Å². The lowest BCUT2D eigenvalue weighted by molar-refractivity contribution is 0.436. The third-order valence-corrected chi connectivity index (χ3v) is 0.979. The average molecular weight is 124 g/mol. The molecular formula is C6H8N2O. The minimum Gasteiger partial charge on any atom is -0.480 e. The molecule has 9 heavy (non-hydrogen) atoms. The first-order valence-corrected chi connectivity index (χ1v) is 2.66. The van der Waals surface area contributed by atoms with Crippen LogP contribution in [-0.4, -0.2) is 15.1 Å². The van der Waals surface area contributed by atoms with E-state index in [2.05, 4.69) is 16.5 Å². The van der Waals surface area contributed by atoms with Gasteiger partial charge < -0.3 is 10.1 Å². The lowest BCUT2D eigenvalue weighted by Gasteiger charge is -1.83. The number of imidazole rings is 1. The molecule has 0 aromatic carbocycles. The molecule has 0 aliphatic rings. The predicted molar refractivity (Wildman–Crippen MR) is 34.2 cm³/mol. The van der Waals surface area contributed by atoms with Crippen LogP contribution in [0.25, 0.3) is 0 Å². The second kappa shape index (κ2) is 2.35. The topological polar surface area (TPSA) is 48.9 Å². The zero-order chi connectivity index (χ0) is 6.69. The molecule has 0 aliphatic carbocycles. The van der Waals surface area contributed by atoms with Gasteiger partial charge in [-0.2, -0.15) is 0 Å². The molecule has 1 aromatic rings. The molecule has 48 valence electrons. The van der Waals surface area contributed by atoms with Crippen LogP contribution in [0.5, 0.6) is 6.01 Å². The summed E-state index contributed by atoms with van der Waals surface area (Å²) in [6.45, 7) is 3.54. The lowest BCUT2D eigenvalue weighted by Crippen LogP contribution is -1.76. The molecule has 1 rings (SSSR count). The highest BCUT2D eigenvalue weighted by molar-refractivity contribution is 5.06. The van der Waals surface area contributed by atoms with Gasteiger partial charge in [0.05, 0.1) is 6.20 Å². The standard InChI is InChI=1S/C6H8N2O/c1-2-3-5-4-7-6(9)8-5/h2,4H,1,3H2,(H2,7,8,9). The van der Waals surface area contributed by atoms with Crippen molar-refractivity contribution in [2.45, 2.75) is 6.42 Å². The van der Waals surface area contributed by atoms with Crippen LogP contribution in [0, 0.1) is 0 Å². The fourth-order valence-electron chi connectivity index (χ4n) is 0.606. The monoisotopic (exact) mass is 124 g/mol. The molecule has 0 spiro atoms. The predicted octanol–water partition coefficient (Wildman–Crippen LogP) is 0.844. The summed E-state index contributed by atoms with van der Waals surface area (Å²) in [5.41, 5.74) is 0.877. The quantitative estimate of drug-likeness (QED) is 0.574. The summed E-state index contributed by atoms with van der Waals surface area (Å²) in [5, 5.41) is 8.68. The van der Waals surface area contributed by atoms with E-state index in [1.54, 1.807) is 12.3 Å². The number of aromatic nitrogens is 2. The molecule has 0 aliphatic heterocycles. The molecule has 3 heteroatoms. The van der Waals surface area contributed by atoms with Gasteiger partial charge in [-0.1, -0.05) is 6.08 Å². The van der Waals surface area contributed by atoms with Gasteiger partial charge in [0.25, 0.3) is 6.01 Å². The Balaban J connectivity index is 2.72. The van der Waals surface area contributed by atoms with E-state index in [9.17, 15) is 0 Å². The zero-order valence-corrected chi connectivity index (χ0v) is 4.96. The van der Waals surface area contributed by atoms with Crippen LogP contribution in [0.4, 0.5) is 0 Å². The van der Waals surface area contributed by atoms with Gasteiger partial charge in [-0.15, -0.1) is 6.58 Å². The summed E-state index contributed by atoms with van der Waals surface area (Å²) in [4.78, 5) is 6.24. The maximum absolute atomic E-state index is 8.68. The second-order valence-corrected chi connectivity index (χ2v) is 1.72. The summed E-state index contributed by atoms with van der Waals surface area (Å²) in [7, 11) is 0. The molecule has 0 unspecified atom stereocenters. The summed E-state index contributed by atoms with van der Waals surface area (Å²) < 4.78 is 0. The molecular weight excluding hydrogens is 116 g/mol. The van der Waals surface area contributed by atoms with Crippen molar-refractivity contribution in [3.05, 3.63) is 24.5 Å². The maximum Gasteiger partial charge on any atom is 0.291 e. The van der Waals surface area contributed by atoms with Crippen molar-refractivity contribution >= 4 is 0 Å². The maximum atomic E-state index is 8.68. The van der Waals surface area contributed by atoms with Gasteiger partial charge in [-0.25, -0.2) is 4.98 Å². The Labute approximate surface area is 53.1 Å². The van der Waals surface area contributed by atoms with Gasteiger partial charge in [-0.05, 0) is 0 Å². The van der Waals surface area contributed by atoms with Gasteiger partial charge in [0, 0.05) is 12.1 Å². The van der Waals surface area contributed by atoms with Crippen molar-refractivity contribution in [1.82, 2.24) is 9.97 Å². The zero-order valence-electron chi connectivity index (χ0n) is 4.96. The number of H-pyrrole nitrogens is 1. The van der Waals surface area contributed by atoms with Crippen molar-refractivity contribution in [2.24, 2.45) is 0 Å². The van der Waals surface area contributed by atoms with E-state index < -0.39 is 0 Å². The highest BCUT2D eigenvalue weighted by Crippen LogP contribution is 2.01. The fourth-order valence-corrected chi connectivity index (χ4v) is 0.606. The van der Waals surface area contributed by atoms with E-state index >= 15 is 0 Å². The average Bonchev–Trinajstić information content (AvgIpc) is 2.17. The van der Waals surface area contributed by atoms with Gasteiger partial charge in [0.1, 0.15) is 0 Å². The number of hydrogen-bond acceptors (Lipinski definition) is 2. The van der Waals surface area contributed by atoms with Gasteiger partial charge in [0.2, 0.25) is 0 Å². The number of nitrogens with zero attached hydrogens (tertiary/aromatic N) is 1. The van der Waals surface area contributed by atoms with E-state index in [1.807, 2.05) is 0 Å². The van der Waals surface area contributed by atoms with Crippen molar-refractivity contribution in [1.29, 1.82) is 0 Å². The molecule has 2 N–H and O–H groups in total. The first-order valence-electron chi connectivity index (χ1n) is 2.66. The van der Waals surface area contributed by atoms with E-state index in [0.717, 1.165) is 5.69 Å². The van der Waals surface area contributed by atoms with E-state index in [0.29, 0.717) is 6.42 Å². The largest absolute Gasteiger partial charge is 0.480 e. The molecule has 0 amide bonds. The fraction of sp³-hybridized carbons (Fsp3) is 0.167. The first kappa shape index (κ1) is 5.88. The van der Waals surface area contributed by atoms with Crippen LogP contribution in [-0.2, 0) is 6.42 Å². The van der Waals surface area contributed by atoms with Crippen molar-refractivity contribution in [3.63, 3.8) is 0 Å².